The number of aryl methyl sites for hydroxylation is 1. The SMILES string of the molecule is COc1c(Br)cc(C)c(CC(C)O)c1O. The second kappa shape index (κ2) is 4.86. The predicted molar refractivity (Wildman–Crippen MR) is 62.5 cm³/mol. The van der Waals surface area contributed by atoms with Crippen molar-refractivity contribution in [2.45, 2.75) is 26.4 Å². The lowest BCUT2D eigenvalue weighted by molar-refractivity contribution is 0.193. The Labute approximate surface area is 97.8 Å². The van der Waals surface area contributed by atoms with Crippen LogP contribution in [0.15, 0.2) is 10.5 Å². The molecule has 4 heteroatoms. The summed E-state index contributed by atoms with van der Waals surface area (Å²) in [6, 6.07) is 1.87. The van der Waals surface area contributed by atoms with E-state index in [2.05, 4.69) is 15.9 Å². The van der Waals surface area contributed by atoms with Crippen LogP contribution < -0.4 is 4.74 Å². The number of phenolic OH excluding ortho intramolecular Hbond substituents is 1. The fourth-order valence-electron chi connectivity index (χ4n) is 1.53. The molecular formula is C11H15BrO3. The minimum Gasteiger partial charge on any atom is -0.504 e. The Morgan fingerprint density at radius 1 is 1.53 bits per heavy atom. The first-order chi connectivity index (χ1) is 6.97. The van der Waals surface area contributed by atoms with Crippen LogP contribution in [-0.2, 0) is 6.42 Å². The Kier molecular flexibility index (Phi) is 3.99. The van der Waals surface area contributed by atoms with Gasteiger partial charge in [0.05, 0.1) is 17.7 Å². The monoisotopic (exact) mass is 274 g/mol. The van der Waals surface area contributed by atoms with Crippen molar-refractivity contribution in [1.82, 2.24) is 0 Å². The largest absolute Gasteiger partial charge is 0.504 e. The summed E-state index contributed by atoms with van der Waals surface area (Å²) in [4.78, 5) is 0. The van der Waals surface area contributed by atoms with Gasteiger partial charge in [-0.1, -0.05) is 0 Å². The van der Waals surface area contributed by atoms with Gasteiger partial charge in [-0.15, -0.1) is 0 Å². The zero-order chi connectivity index (χ0) is 11.6. The molecule has 0 aromatic heterocycles. The van der Waals surface area contributed by atoms with E-state index in [1.54, 1.807) is 6.92 Å². The predicted octanol–water partition coefficient (Wildman–Crippen LogP) is 2.40. The lowest BCUT2D eigenvalue weighted by Crippen LogP contribution is -2.06. The summed E-state index contributed by atoms with van der Waals surface area (Å²) in [5.41, 5.74) is 1.66. The number of aliphatic hydroxyl groups is 1. The number of rotatable bonds is 3. The molecule has 1 atom stereocenters. The van der Waals surface area contributed by atoms with Gasteiger partial charge in [0.2, 0.25) is 0 Å². The second-order valence-electron chi connectivity index (χ2n) is 3.59. The molecule has 0 bridgehead atoms. The summed E-state index contributed by atoms with van der Waals surface area (Å²) in [5, 5.41) is 19.3. The van der Waals surface area contributed by atoms with Crippen molar-refractivity contribution in [3.63, 3.8) is 0 Å². The van der Waals surface area contributed by atoms with Crippen molar-refractivity contribution in [2.75, 3.05) is 7.11 Å². The summed E-state index contributed by atoms with van der Waals surface area (Å²) in [6.07, 6.45) is -0.0677. The molecule has 1 aromatic rings. The molecule has 0 fully saturated rings. The highest BCUT2D eigenvalue weighted by molar-refractivity contribution is 9.10. The molecule has 3 nitrogen and oxygen atoms in total. The zero-order valence-corrected chi connectivity index (χ0v) is 10.6. The maximum atomic E-state index is 9.93. The first-order valence-corrected chi connectivity index (χ1v) is 5.49. The number of hydrogen-bond acceptors (Lipinski definition) is 3. The Balaban J connectivity index is 3.26. The fraction of sp³-hybridized carbons (Fsp3) is 0.455. The van der Waals surface area contributed by atoms with Gasteiger partial charge in [0.25, 0.3) is 0 Å². The first kappa shape index (κ1) is 12.3. The van der Waals surface area contributed by atoms with E-state index in [0.29, 0.717) is 16.6 Å². The summed E-state index contributed by atoms with van der Waals surface area (Å²) >= 11 is 3.31. The van der Waals surface area contributed by atoms with Crippen molar-refractivity contribution < 1.29 is 14.9 Å². The molecule has 0 spiro atoms. The Morgan fingerprint density at radius 2 is 2.13 bits per heavy atom. The Bertz CT molecular complexity index is 361. The van der Waals surface area contributed by atoms with E-state index in [1.807, 2.05) is 13.0 Å². The van der Waals surface area contributed by atoms with E-state index in [4.69, 9.17) is 4.74 Å². The molecule has 0 heterocycles. The molecule has 1 aromatic carbocycles. The van der Waals surface area contributed by atoms with E-state index in [9.17, 15) is 10.2 Å². The molecule has 15 heavy (non-hydrogen) atoms. The molecule has 84 valence electrons. The molecular weight excluding hydrogens is 260 g/mol. The van der Waals surface area contributed by atoms with Crippen LogP contribution in [0.2, 0.25) is 0 Å². The number of aromatic hydroxyl groups is 1. The van der Waals surface area contributed by atoms with E-state index in [1.165, 1.54) is 7.11 Å². The molecule has 0 aliphatic rings. The van der Waals surface area contributed by atoms with Gasteiger partial charge in [0.15, 0.2) is 11.5 Å². The van der Waals surface area contributed by atoms with Crippen molar-refractivity contribution in [2.24, 2.45) is 0 Å². The van der Waals surface area contributed by atoms with Crippen LogP contribution >= 0.6 is 15.9 Å². The van der Waals surface area contributed by atoms with Crippen LogP contribution in [-0.4, -0.2) is 23.4 Å². The number of halogens is 1. The highest BCUT2D eigenvalue weighted by Gasteiger charge is 2.16. The third-order valence-corrected chi connectivity index (χ3v) is 2.83. The van der Waals surface area contributed by atoms with Gasteiger partial charge in [0, 0.05) is 12.0 Å². The first-order valence-electron chi connectivity index (χ1n) is 4.70. The molecule has 2 N–H and O–H groups in total. The van der Waals surface area contributed by atoms with Crippen molar-refractivity contribution in [3.8, 4) is 11.5 Å². The van der Waals surface area contributed by atoms with Crippen molar-refractivity contribution in [3.05, 3.63) is 21.7 Å². The second-order valence-corrected chi connectivity index (χ2v) is 4.44. The van der Waals surface area contributed by atoms with Gasteiger partial charge in [-0.05, 0) is 41.4 Å². The number of hydrogen-bond donors (Lipinski definition) is 2. The summed E-state index contributed by atoms with van der Waals surface area (Å²) < 4.78 is 5.79. The molecule has 1 rings (SSSR count). The van der Waals surface area contributed by atoms with E-state index >= 15 is 0 Å². The molecule has 0 amide bonds. The number of methoxy groups -OCH3 is 1. The maximum absolute atomic E-state index is 9.93. The van der Waals surface area contributed by atoms with Crippen molar-refractivity contribution in [1.29, 1.82) is 0 Å². The highest BCUT2D eigenvalue weighted by Crippen LogP contribution is 2.39. The smallest absolute Gasteiger partial charge is 0.174 e. The molecule has 0 saturated heterocycles. The maximum Gasteiger partial charge on any atom is 0.174 e. The van der Waals surface area contributed by atoms with Gasteiger partial charge >= 0.3 is 0 Å². The molecule has 1 unspecified atom stereocenters. The summed E-state index contributed by atoms with van der Waals surface area (Å²) in [7, 11) is 1.50. The number of benzene rings is 1. The highest BCUT2D eigenvalue weighted by atomic mass is 79.9. The van der Waals surface area contributed by atoms with Crippen LogP contribution in [0, 0.1) is 6.92 Å². The van der Waals surface area contributed by atoms with Gasteiger partial charge in [-0.25, -0.2) is 0 Å². The Hall–Kier alpha value is -0.740. The quantitative estimate of drug-likeness (QED) is 0.890. The number of ether oxygens (including phenoxy) is 1. The van der Waals surface area contributed by atoms with Crippen molar-refractivity contribution >= 4 is 15.9 Å². The molecule has 0 aliphatic carbocycles. The zero-order valence-electron chi connectivity index (χ0n) is 9.04. The minimum atomic E-state index is -0.486. The van der Waals surface area contributed by atoms with Gasteiger partial charge in [-0.3, -0.25) is 0 Å². The standard InChI is InChI=1S/C11H15BrO3/c1-6-4-9(12)11(15-3)10(14)8(6)5-7(2)13/h4,7,13-14H,5H2,1-3H3. The van der Waals surface area contributed by atoms with Crippen LogP contribution in [0.25, 0.3) is 0 Å². The topological polar surface area (TPSA) is 49.7 Å². The minimum absolute atomic E-state index is 0.102. The molecule has 0 saturated carbocycles. The average Bonchev–Trinajstić information content (AvgIpc) is 2.12. The number of aliphatic hydroxyl groups excluding tert-OH is 1. The van der Waals surface area contributed by atoms with Crippen LogP contribution in [0.3, 0.4) is 0 Å². The molecule has 0 aliphatic heterocycles. The van der Waals surface area contributed by atoms with Crippen LogP contribution in [0.5, 0.6) is 11.5 Å². The van der Waals surface area contributed by atoms with Crippen LogP contribution in [0.4, 0.5) is 0 Å². The van der Waals surface area contributed by atoms with E-state index < -0.39 is 6.10 Å². The normalized spacial score (nSPS) is 12.6. The van der Waals surface area contributed by atoms with Gasteiger partial charge in [-0.2, -0.15) is 0 Å². The lowest BCUT2D eigenvalue weighted by atomic mass is 10.0. The Morgan fingerprint density at radius 3 is 2.60 bits per heavy atom. The van der Waals surface area contributed by atoms with Crippen LogP contribution in [0.1, 0.15) is 18.1 Å². The summed E-state index contributed by atoms with van der Waals surface area (Å²) in [5.74, 6) is 0.515. The van der Waals surface area contributed by atoms with Gasteiger partial charge < -0.3 is 14.9 Å². The average molecular weight is 275 g/mol. The third-order valence-electron chi connectivity index (χ3n) is 2.24. The van der Waals surface area contributed by atoms with Gasteiger partial charge in [0.1, 0.15) is 0 Å². The van der Waals surface area contributed by atoms with E-state index in [-0.39, 0.29) is 5.75 Å². The summed E-state index contributed by atoms with van der Waals surface area (Å²) in [6.45, 7) is 3.58. The fourth-order valence-corrected chi connectivity index (χ4v) is 2.22. The third kappa shape index (κ3) is 2.63. The molecule has 0 radical (unpaired) electrons. The number of phenols is 1. The lowest BCUT2D eigenvalue weighted by Gasteiger charge is -2.14. The van der Waals surface area contributed by atoms with E-state index in [0.717, 1.165) is 11.1 Å².